The van der Waals surface area contributed by atoms with E-state index in [2.05, 4.69) is 12.6 Å². The number of ether oxygens (including phenoxy) is 2. The summed E-state index contributed by atoms with van der Waals surface area (Å²) in [6.07, 6.45) is 4.01. The van der Waals surface area contributed by atoms with E-state index in [-0.39, 0.29) is 0 Å². The maximum Gasteiger partial charge on any atom is 0.336 e. The van der Waals surface area contributed by atoms with Crippen LogP contribution in [0.5, 0.6) is 11.5 Å². The number of esters is 2. The number of carbonyl (C=O) groups is 2. The van der Waals surface area contributed by atoms with Gasteiger partial charge < -0.3 is 9.47 Å². The molecule has 0 saturated carbocycles. The molecule has 5 heteroatoms. The molecule has 0 spiro atoms. The number of hydrogen-bond acceptors (Lipinski definition) is 5. The van der Waals surface area contributed by atoms with Gasteiger partial charge in [-0.15, -0.1) is 0 Å². The van der Waals surface area contributed by atoms with Crippen molar-refractivity contribution in [3.8, 4) is 28.7 Å². The van der Waals surface area contributed by atoms with E-state index < -0.39 is 11.9 Å². The molecule has 0 atom stereocenters. The smallest absolute Gasteiger partial charge is 0.336 e. The van der Waals surface area contributed by atoms with Gasteiger partial charge in [-0.25, -0.2) is 9.59 Å². The summed E-state index contributed by atoms with van der Waals surface area (Å²) in [5.74, 6) is -0.230. The van der Waals surface area contributed by atoms with Gasteiger partial charge in [-0.1, -0.05) is 43.0 Å². The molecule has 3 aromatic carbocycles. The van der Waals surface area contributed by atoms with Crippen LogP contribution < -0.4 is 9.47 Å². The zero-order valence-electron chi connectivity index (χ0n) is 15.9. The van der Waals surface area contributed by atoms with Crippen molar-refractivity contribution in [1.82, 2.24) is 0 Å². The average molecular weight is 395 g/mol. The van der Waals surface area contributed by atoms with Crippen LogP contribution in [-0.2, 0) is 9.59 Å². The highest BCUT2D eigenvalue weighted by Crippen LogP contribution is 2.23. The lowest BCUT2D eigenvalue weighted by molar-refractivity contribution is -0.129. The predicted octanol–water partition coefficient (Wildman–Crippen LogP) is 4.94. The van der Waals surface area contributed by atoms with E-state index in [0.29, 0.717) is 17.1 Å². The summed E-state index contributed by atoms with van der Waals surface area (Å²) in [5.41, 5.74) is 3.27. The molecule has 0 heterocycles. The third kappa shape index (κ3) is 5.54. The molecule has 0 radical (unpaired) electrons. The van der Waals surface area contributed by atoms with Gasteiger partial charge in [0, 0.05) is 12.2 Å². The summed E-state index contributed by atoms with van der Waals surface area (Å²) in [4.78, 5) is 23.2. The van der Waals surface area contributed by atoms with E-state index in [9.17, 15) is 9.59 Å². The van der Waals surface area contributed by atoms with Crippen LogP contribution in [0.1, 0.15) is 11.1 Å². The molecule has 30 heavy (non-hydrogen) atoms. The van der Waals surface area contributed by atoms with Gasteiger partial charge in [0.05, 0.1) is 11.6 Å². The van der Waals surface area contributed by atoms with Gasteiger partial charge in [-0.2, -0.15) is 5.26 Å². The van der Waals surface area contributed by atoms with Crippen LogP contribution in [0, 0.1) is 11.3 Å². The van der Waals surface area contributed by atoms with Crippen LogP contribution in [0.2, 0.25) is 0 Å². The first kappa shape index (κ1) is 20.3. The van der Waals surface area contributed by atoms with Gasteiger partial charge in [-0.3, -0.25) is 0 Å². The van der Waals surface area contributed by atoms with Gasteiger partial charge in [0.2, 0.25) is 0 Å². The van der Waals surface area contributed by atoms with Crippen LogP contribution in [0.4, 0.5) is 0 Å². The summed E-state index contributed by atoms with van der Waals surface area (Å²) in [5, 5.41) is 8.86. The van der Waals surface area contributed by atoms with Crippen molar-refractivity contribution in [2.45, 2.75) is 0 Å². The zero-order chi connectivity index (χ0) is 21.3. The van der Waals surface area contributed by atoms with Gasteiger partial charge in [0.15, 0.2) is 0 Å². The third-order valence-electron chi connectivity index (χ3n) is 4.10. The highest BCUT2D eigenvalue weighted by molar-refractivity contribution is 5.89. The minimum Gasteiger partial charge on any atom is -0.423 e. The quantitative estimate of drug-likeness (QED) is 0.336. The van der Waals surface area contributed by atoms with Crippen molar-refractivity contribution in [2.24, 2.45) is 0 Å². The normalized spacial score (nSPS) is 10.2. The maximum absolute atomic E-state index is 12.0. The molecule has 0 amide bonds. The van der Waals surface area contributed by atoms with Gasteiger partial charge >= 0.3 is 11.9 Å². The fourth-order valence-corrected chi connectivity index (χ4v) is 2.57. The Morgan fingerprint density at radius 1 is 0.767 bits per heavy atom. The Balaban J connectivity index is 1.58. The van der Waals surface area contributed by atoms with E-state index >= 15 is 0 Å². The monoisotopic (exact) mass is 395 g/mol. The summed E-state index contributed by atoms with van der Waals surface area (Å²) in [6, 6.07) is 23.1. The third-order valence-corrected chi connectivity index (χ3v) is 4.10. The number of carbonyl (C=O) groups excluding carboxylic acids is 2. The van der Waals surface area contributed by atoms with E-state index in [1.54, 1.807) is 54.6 Å². The first-order valence-electron chi connectivity index (χ1n) is 9.02. The van der Waals surface area contributed by atoms with E-state index in [1.807, 2.05) is 24.3 Å². The maximum atomic E-state index is 12.0. The molecule has 0 aromatic heterocycles. The zero-order valence-corrected chi connectivity index (χ0v) is 15.9. The van der Waals surface area contributed by atoms with Crippen molar-refractivity contribution < 1.29 is 19.1 Å². The highest BCUT2D eigenvalue weighted by atomic mass is 16.5. The lowest BCUT2D eigenvalue weighted by atomic mass is 10.0. The number of hydrogen-bond donors (Lipinski definition) is 0. The van der Waals surface area contributed by atoms with Crippen LogP contribution in [0.25, 0.3) is 17.2 Å². The summed E-state index contributed by atoms with van der Waals surface area (Å²) in [6.45, 7) is 3.34. The predicted molar refractivity (Wildman–Crippen MR) is 114 cm³/mol. The van der Waals surface area contributed by atoms with Gasteiger partial charge in [-0.05, 0) is 59.2 Å². The lowest BCUT2D eigenvalue weighted by Crippen LogP contribution is -2.03. The second-order valence-electron chi connectivity index (χ2n) is 6.16. The van der Waals surface area contributed by atoms with Crippen LogP contribution in [0.3, 0.4) is 0 Å². The first-order chi connectivity index (χ1) is 14.6. The number of nitrogens with zero attached hydrogens (tertiary/aromatic N) is 1. The molecule has 0 aliphatic heterocycles. The molecular weight excluding hydrogens is 378 g/mol. The Bertz CT molecular complexity index is 1120. The SMILES string of the molecule is C=CC(=O)Oc1ccc(/C=C/C(=O)Oc2ccc(-c3ccc(C#N)cc3)cc2)cc1. The topological polar surface area (TPSA) is 76.4 Å². The van der Waals surface area contributed by atoms with Crippen molar-refractivity contribution >= 4 is 18.0 Å². The molecule has 5 nitrogen and oxygen atoms in total. The minimum absolute atomic E-state index is 0.391. The Kier molecular flexibility index (Phi) is 6.55. The second kappa shape index (κ2) is 9.67. The van der Waals surface area contributed by atoms with Crippen LogP contribution >= 0.6 is 0 Å². The Hall–Kier alpha value is -4.43. The number of benzene rings is 3. The molecule has 3 rings (SSSR count). The molecular formula is C25H17NO4. The van der Waals surface area contributed by atoms with Gasteiger partial charge in [0.1, 0.15) is 11.5 Å². The number of nitriles is 1. The fraction of sp³-hybridized carbons (Fsp3) is 0. The van der Waals surface area contributed by atoms with Crippen molar-refractivity contribution in [3.05, 3.63) is 103 Å². The Morgan fingerprint density at radius 3 is 1.80 bits per heavy atom. The lowest BCUT2D eigenvalue weighted by Gasteiger charge is -2.05. The molecule has 0 N–H and O–H groups in total. The van der Waals surface area contributed by atoms with Gasteiger partial charge in [0.25, 0.3) is 0 Å². The second-order valence-corrected chi connectivity index (χ2v) is 6.16. The Labute approximate surface area is 174 Å². The molecule has 0 aliphatic carbocycles. The molecule has 0 unspecified atom stereocenters. The minimum atomic E-state index is -0.535. The van der Waals surface area contributed by atoms with Crippen LogP contribution in [0.15, 0.2) is 91.5 Å². The molecule has 0 saturated heterocycles. The first-order valence-corrected chi connectivity index (χ1v) is 9.02. The van der Waals surface area contributed by atoms with E-state index in [4.69, 9.17) is 14.7 Å². The summed E-state index contributed by atoms with van der Waals surface area (Å²) >= 11 is 0. The summed E-state index contributed by atoms with van der Waals surface area (Å²) < 4.78 is 10.3. The van der Waals surface area contributed by atoms with Crippen molar-refractivity contribution in [2.75, 3.05) is 0 Å². The average Bonchev–Trinajstić information content (AvgIpc) is 2.79. The van der Waals surface area contributed by atoms with Crippen LogP contribution in [-0.4, -0.2) is 11.9 Å². The highest BCUT2D eigenvalue weighted by Gasteiger charge is 2.03. The number of rotatable bonds is 6. The van der Waals surface area contributed by atoms with E-state index in [1.165, 1.54) is 6.08 Å². The molecule has 0 aliphatic rings. The van der Waals surface area contributed by atoms with E-state index in [0.717, 1.165) is 22.8 Å². The Morgan fingerprint density at radius 2 is 1.27 bits per heavy atom. The standard InChI is InChI=1S/C25H17NO4/c1-2-24(27)29-22-12-5-18(6-13-22)7-16-25(28)30-23-14-10-21(11-15-23)20-8-3-19(17-26)4-9-20/h2-16H,1H2/b16-7+. The fourth-order valence-electron chi connectivity index (χ4n) is 2.57. The summed E-state index contributed by atoms with van der Waals surface area (Å²) in [7, 11) is 0. The molecule has 3 aromatic rings. The van der Waals surface area contributed by atoms with Crippen molar-refractivity contribution in [1.29, 1.82) is 5.26 Å². The largest absolute Gasteiger partial charge is 0.423 e. The molecule has 0 bridgehead atoms. The molecule has 146 valence electrons. The molecule has 0 fully saturated rings. The van der Waals surface area contributed by atoms with Crippen molar-refractivity contribution in [3.63, 3.8) is 0 Å².